The summed E-state index contributed by atoms with van der Waals surface area (Å²) in [5.41, 5.74) is 1.22. The van der Waals surface area contributed by atoms with Crippen LogP contribution in [0, 0.1) is 6.92 Å². The zero-order valence-corrected chi connectivity index (χ0v) is 15.8. The molecule has 0 bridgehead atoms. The first-order valence-electron chi connectivity index (χ1n) is 9.50. The first-order chi connectivity index (χ1) is 12.3. The molecule has 0 aromatic carbocycles. The number of likely N-dealkylation sites (tertiary alicyclic amines) is 1. The fourth-order valence-electron chi connectivity index (χ4n) is 3.93. The zero-order valence-electron chi connectivity index (χ0n) is 15.0. The van der Waals surface area contributed by atoms with Crippen molar-refractivity contribution in [3.63, 3.8) is 0 Å². The van der Waals surface area contributed by atoms with Crippen LogP contribution in [-0.2, 0) is 11.3 Å². The first kappa shape index (κ1) is 17.1. The van der Waals surface area contributed by atoms with E-state index in [1.54, 1.807) is 0 Å². The van der Waals surface area contributed by atoms with Gasteiger partial charge in [-0.1, -0.05) is 0 Å². The van der Waals surface area contributed by atoms with Gasteiger partial charge in [0.2, 0.25) is 0 Å². The number of nitrogens with zero attached hydrogens (tertiary/aromatic N) is 3. The van der Waals surface area contributed by atoms with Crippen LogP contribution in [0.1, 0.15) is 65.4 Å². The van der Waals surface area contributed by atoms with Crippen molar-refractivity contribution in [2.45, 2.75) is 57.6 Å². The van der Waals surface area contributed by atoms with Gasteiger partial charge in [0.05, 0.1) is 6.10 Å². The molecule has 0 amide bonds. The van der Waals surface area contributed by atoms with Crippen LogP contribution >= 0.6 is 11.3 Å². The molecule has 0 unspecified atom stereocenters. The average Bonchev–Trinajstić information content (AvgIpc) is 3.12. The quantitative estimate of drug-likeness (QED) is 0.809. The average molecular weight is 358 g/mol. The van der Waals surface area contributed by atoms with Gasteiger partial charge < -0.3 is 4.74 Å². The number of aromatic nitrogens is 2. The largest absolute Gasteiger partial charge is 0.373 e. The summed E-state index contributed by atoms with van der Waals surface area (Å²) in [6, 6.07) is 6.67. The number of hydrogen-bond acceptors (Lipinski definition) is 5. The van der Waals surface area contributed by atoms with Crippen LogP contribution in [0.4, 0.5) is 0 Å². The Bertz CT molecular complexity index is 688. The van der Waals surface area contributed by atoms with Crippen LogP contribution in [0.3, 0.4) is 0 Å². The fourth-order valence-corrected chi connectivity index (χ4v) is 5.07. The normalized spacial score (nSPS) is 23.0. The molecule has 4 nitrogen and oxygen atoms in total. The minimum Gasteiger partial charge on any atom is -0.373 e. The molecular weight excluding hydrogens is 330 g/mol. The van der Waals surface area contributed by atoms with Crippen molar-refractivity contribution in [2.24, 2.45) is 0 Å². The molecule has 1 atom stereocenters. The van der Waals surface area contributed by atoms with Gasteiger partial charge in [-0.15, -0.1) is 11.3 Å². The molecule has 4 heterocycles. The first-order valence-corrected chi connectivity index (χ1v) is 10.3. The van der Waals surface area contributed by atoms with Gasteiger partial charge in [0.1, 0.15) is 5.82 Å². The van der Waals surface area contributed by atoms with Crippen LogP contribution in [0.25, 0.3) is 0 Å². The molecule has 2 aliphatic heterocycles. The molecule has 134 valence electrons. The lowest BCUT2D eigenvalue weighted by molar-refractivity contribution is 0.0172. The summed E-state index contributed by atoms with van der Waals surface area (Å²) in [5.74, 6) is 1.48. The summed E-state index contributed by atoms with van der Waals surface area (Å²) in [4.78, 5) is 14.3. The van der Waals surface area contributed by atoms with Crippen molar-refractivity contribution in [3.05, 3.63) is 45.7 Å². The molecule has 0 spiro atoms. The Morgan fingerprint density at radius 3 is 2.80 bits per heavy atom. The maximum atomic E-state index is 5.92. The van der Waals surface area contributed by atoms with E-state index in [9.17, 15) is 0 Å². The van der Waals surface area contributed by atoms with Gasteiger partial charge in [0, 0.05) is 40.7 Å². The summed E-state index contributed by atoms with van der Waals surface area (Å²) < 4.78 is 5.92. The van der Waals surface area contributed by atoms with Gasteiger partial charge in [-0.25, -0.2) is 9.97 Å². The Balaban J connectivity index is 1.30. The summed E-state index contributed by atoms with van der Waals surface area (Å²) in [7, 11) is 0. The monoisotopic (exact) mass is 357 g/mol. The van der Waals surface area contributed by atoms with Crippen molar-refractivity contribution < 1.29 is 4.74 Å². The van der Waals surface area contributed by atoms with Crippen molar-refractivity contribution in [1.82, 2.24) is 14.9 Å². The number of hydrogen-bond donors (Lipinski definition) is 0. The Morgan fingerprint density at radius 1 is 1.16 bits per heavy atom. The molecule has 2 aromatic heterocycles. The molecule has 0 aliphatic carbocycles. The lowest BCUT2D eigenvalue weighted by atomic mass is 9.93. The fraction of sp³-hybridized carbons (Fsp3) is 0.600. The predicted molar refractivity (Wildman–Crippen MR) is 101 cm³/mol. The molecule has 2 saturated heterocycles. The van der Waals surface area contributed by atoms with E-state index in [-0.39, 0.29) is 0 Å². The van der Waals surface area contributed by atoms with Crippen LogP contribution in [0.5, 0.6) is 0 Å². The topological polar surface area (TPSA) is 38.2 Å². The van der Waals surface area contributed by atoms with Crippen LogP contribution < -0.4 is 0 Å². The van der Waals surface area contributed by atoms with E-state index < -0.39 is 0 Å². The number of ether oxygens (including phenoxy) is 1. The summed E-state index contributed by atoms with van der Waals surface area (Å²) in [6.07, 6.45) is 8.33. The van der Waals surface area contributed by atoms with E-state index in [0.717, 1.165) is 32.1 Å². The molecular formula is C20H27N3OS. The second kappa shape index (κ2) is 7.94. The van der Waals surface area contributed by atoms with Crippen molar-refractivity contribution in [3.8, 4) is 0 Å². The third kappa shape index (κ3) is 4.27. The third-order valence-corrected chi connectivity index (χ3v) is 6.52. The highest BCUT2D eigenvalue weighted by Crippen LogP contribution is 2.34. The third-order valence-electron chi connectivity index (χ3n) is 5.36. The standard InChI is InChI=1S/C20H27N3OS/c1-15-21-10-7-18(22-15)16-8-11-23(12-9-16)14-17-5-6-20(25-17)19-4-2-3-13-24-19/h5-7,10,16,19H,2-4,8-9,11-14H2,1H3/t19-/m0/s1. The molecule has 0 N–H and O–H groups in total. The number of rotatable bonds is 4. The van der Waals surface area contributed by atoms with Gasteiger partial charge in [-0.2, -0.15) is 0 Å². The summed E-state index contributed by atoms with van der Waals surface area (Å²) in [6.45, 7) is 6.28. The van der Waals surface area contributed by atoms with E-state index in [2.05, 4.69) is 33.1 Å². The minimum absolute atomic E-state index is 0.347. The number of thiophene rings is 1. The van der Waals surface area contributed by atoms with E-state index in [1.807, 2.05) is 24.5 Å². The number of piperidine rings is 1. The zero-order chi connectivity index (χ0) is 17.1. The molecule has 4 rings (SSSR count). The highest BCUT2D eigenvalue weighted by atomic mass is 32.1. The Labute approximate surface area is 154 Å². The van der Waals surface area contributed by atoms with Crippen molar-refractivity contribution >= 4 is 11.3 Å². The molecule has 2 aromatic rings. The highest BCUT2D eigenvalue weighted by Gasteiger charge is 2.23. The molecule has 25 heavy (non-hydrogen) atoms. The predicted octanol–water partition coefficient (Wildman–Crippen LogP) is 4.47. The molecule has 5 heteroatoms. The summed E-state index contributed by atoms with van der Waals surface area (Å²) >= 11 is 1.94. The molecule has 0 radical (unpaired) electrons. The molecule has 2 fully saturated rings. The second-order valence-corrected chi connectivity index (χ2v) is 8.44. The maximum absolute atomic E-state index is 5.92. The lowest BCUT2D eigenvalue weighted by Crippen LogP contribution is -2.32. The van der Waals surface area contributed by atoms with Crippen molar-refractivity contribution in [2.75, 3.05) is 19.7 Å². The van der Waals surface area contributed by atoms with Gasteiger partial charge in [-0.3, -0.25) is 4.90 Å². The highest BCUT2D eigenvalue weighted by molar-refractivity contribution is 7.12. The SMILES string of the molecule is Cc1nccc(C2CCN(Cc3ccc([C@@H]4CCCCO4)s3)CC2)n1. The molecule has 2 aliphatic rings. The Morgan fingerprint density at radius 2 is 2.04 bits per heavy atom. The minimum atomic E-state index is 0.347. The van der Waals surface area contributed by atoms with Gasteiger partial charge in [-0.05, 0) is 70.3 Å². The van der Waals surface area contributed by atoms with E-state index in [1.165, 1.54) is 47.6 Å². The summed E-state index contributed by atoms with van der Waals surface area (Å²) in [5, 5.41) is 0. The van der Waals surface area contributed by atoms with E-state index >= 15 is 0 Å². The number of aryl methyl sites for hydroxylation is 1. The van der Waals surface area contributed by atoms with E-state index in [4.69, 9.17) is 4.74 Å². The van der Waals surface area contributed by atoms with Gasteiger partial charge in [0.25, 0.3) is 0 Å². The van der Waals surface area contributed by atoms with Crippen LogP contribution in [-0.4, -0.2) is 34.6 Å². The van der Waals surface area contributed by atoms with E-state index in [0.29, 0.717) is 12.0 Å². The van der Waals surface area contributed by atoms with Crippen molar-refractivity contribution in [1.29, 1.82) is 0 Å². The Hall–Kier alpha value is -1.30. The second-order valence-electron chi connectivity index (χ2n) is 7.24. The van der Waals surface area contributed by atoms with Crippen LogP contribution in [0.15, 0.2) is 24.4 Å². The Kier molecular flexibility index (Phi) is 5.44. The van der Waals surface area contributed by atoms with Gasteiger partial charge >= 0.3 is 0 Å². The maximum Gasteiger partial charge on any atom is 0.125 e. The lowest BCUT2D eigenvalue weighted by Gasteiger charge is -2.31. The van der Waals surface area contributed by atoms with Crippen LogP contribution in [0.2, 0.25) is 0 Å². The van der Waals surface area contributed by atoms with Gasteiger partial charge in [0.15, 0.2) is 0 Å². The smallest absolute Gasteiger partial charge is 0.125 e. The molecule has 0 saturated carbocycles.